The Kier molecular flexibility index (Phi) is 4.60. The molecule has 0 aliphatic rings. The molecule has 0 atom stereocenters. The van der Waals surface area contributed by atoms with Gasteiger partial charge in [-0.3, -0.25) is 4.68 Å². The lowest BCUT2D eigenvalue weighted by Gasteiger charge is -2.21. The van der Waals surface area contributed by atoms with Gasteiger partial charge in [-0.05, 0) is 40.3 Å². The van der Waals surface area contributed by atoms with Crippen LogP contribution in [0.3, 0.4) is 0 Å². The number of nitrogens with zero attached hydrogens (tertiary/aromatic N) is 3. The van der Waals surface area contributed by atoms with E-state index in [1.54, 1.807) is 12.5 Å². The van der Waals surface area contributed by atoms with Gasteiger partial charge in [-0.15, -0.1) is 0 Å². The minimum absolute atomic E-state index is 0.586. The van der Waals surface area contributed by atoms with Gasteiger partial charge in [0.1, 0.15) is 5.76 Å². The molecule has 1 N–H and O–H groups in total. The first-order valence-electron chi connectivity index (χ1n) is 5.75. The van der Waals surface area contributed by atoms with Crippen LogP contribution in [0.5, 0.6) is 0 Å². The molecule has 2 rings (SSSR count). The van der Waals surface area contributed by atoms with Crippen molar-refractivity contribution in [2.24, 2.45) is 7.05 Å². The lowest BCUT2D eigenvalue weighted by atomic mass is 10.4. The molecule has 2 heterocycles. The summed E-state index contributed by atoms with van der Waals surface area (Å²) in [6.07, 6.45) is 3.43. The first-order chi connectivity index (χ1) is 9.08. The third-order valence-corrected chi connectivity index (χ3v) is 3.86. The zero-order valence-electron chi connectivity index (χ0n) is 10.8. The van der Waals surface area contributed by atoms with Crippen molar-refractivity contribution in [1.82, 2.24) is 20.0 Å². The maximum Gasteiger partial charge on any atom is 0.169 e. The first kappa shape index (κ1) is 14.1. The largest absolute Gasteiger partial charge is 0.467 e. The molecule has 2 aromatic rings. The second-order valence-corrected chi connectivity index (χ2v) is 5.40. The first-order valence-corrected chi connectivity index (χ1v) is 6.95. The molecule has 5 nitrogen and oxygen atoms in total. The summed E-state index contributed by atoms with van der Waals surface area (Å²) in [7, 11) is 3.85. The minimum atomic E-state index is 0.586. The number of thiocarbonyl (C=S) groups is 1. The maximum atomic E-state index is 5.34. The molecular formula is C12H15BrN4OS. The van der Waals surface area contributed by atoms with Crippen LogP contribution < -0.4 is 5.32 Å². The van der Waals surface area contributed by atoms with E-state index in [-0.39, 0.29) is 0 Å². The lowest BCUT2D eigenvalue weighted by Crippen LogP contribution is -2.36. The average molecular weight is 343 g/mol. The van der Waals surface area contributed by atoms with E-state index in [1.165, 1.54) is 0 Å². The second kappa shape index (κ2) is 6.21. The van der Waals surface area contributed by atoms with Crippen LogP contribution in [0.25, 0.3) is 0 Å². The molecule has 0 aliphatic carbocycles. The van der Waals surface area contributed by atoms with Gasteiger partial charge in [0.25, 0.3) is 0 Å². The van der Waals surface area contributed by atoms with E-state index in [0.29, 0.717) is 18.2 Å². The predicted octanol–water partition coefficient (Wildman–Crippen LogP) is 2.28. The molecule has 0 aliphatic heterocycles. The summed E-state index contributed by atoms with van der Waals surface area (Å²) in [4.78, 5) is 1.96. The molecule has 0 saturated heterocycles. The molecule has 0 bridgehead atoms. The number of furan rings is 1. The molecule has 7 heteroatoms. The van der Waals surface area contributed by atoms with E-state index in [1.807, 2.05) is 35.8 Å². The molecule has 0 aromatic carbocycles. The highest BCUT2D eigenvalue weighted by Crippen LogP contribution is 2.16. The quantitative estimate of drug-likeness (QED) is 0.863. The van der Waals surface area contributed by atoms with Crippen LogP contribution in [0.1, 0.15) is 11.5 Å². The summed E-state index contributed by atoms with van der Waals surface area (Å²) >= 11 is 8.81. The molecule has 2 aromatic heterocycles. The topological polar surface area (TPSA) is 46.2 Å². The molecule has 0 unspecified atom stereocenters. The molecule has 0 fully saturated rings. The summed E-state index contributed by atoms with van der Waals surface area (Å²) < 4.78 is 8.06. The number of aromatic nitrogens is 2. The number of nitrogens with one attached hydrogen (secondary N) is 1. The van der Waals surface area contributed by atoms with Crippen molar-refractivity contribution in [2.75, 3.05) is 7.05 Å². The number of halogens is 1. The van der Waals surface area contributed by atoms with Gasteiger partial charge in [-0.2, -0.15) is 5.10 Å². The van der Waals surface area contributed by atoms with E-state index in [2.05, 4.69) is 26.3 Å². The number of hydrogen-bond acceptors (Lipinski definition) is 3. The Bertz CT molecular complexity index is 533. The Balaban J connectivity index is 1.89. The lowest BCUT2D eigenvalue weighted by molar-refractivity contribution is 0.453. The van der Waals surface area contributed by atoms with Crippen molar-refractivity contribution < 1.29 is 4.42 Å². The van der Waals surface area contributed by atoms with Gasteiger partial charge >= 0.3 is 0 Å². The summed E-state index contributed by atoms with van der Waals surface area (Å²) in [6, 6.07) is 3.77. The van der Waals surface area contributed by atoms with E-state index in [0.717, 1.165) is 15.9 Å². The van der Waals surface area contributed by atoms with Crippen molar-refractivity contribution in [3.05, 3.63) is 40.5 Å². The Labute approximate surface area is 125 Å². The highest BCUT2D eigenvalue weighted by Gasteiger charge is 2.11. The second-order valence-electron chi connectivity index (χ2n) is 4.16. The van der Waals surface area contributed by atoms with Crippen molar-refractivity contribution >= 4 is 33.3 Å². The summed E-state index contributed by atoms with van der Waals surface area (Å²) in [5, 5.41) is 8.01. The van der Waals surface area contributed by atoms with Gasteiger partial charge in [0.2, 0.25) is 0 Å². The van der Waals surface area contributed by atoms with Crippen LogP contribution in [0.4, 0.5) is 0 Å². The highest BCUT2D eigenvalue weighted by atomic mass is 79.9. The van der Waals surface area contributed by atoms with E-state index in [9.17, 15) is 0 Å². The van der Waals surface area contributed by atoms with Gasteiger partial charge in [0.05, 0.1) is 35.7 Å². The van der Waals surface area contributed by atoms with Gasteiger partial charge in [0, 0.05) is 14.1 Å². The number of aryl methyl sites for hydroxylation is 1. The smallest absolute Gasteiger partial charge is 0.169 e. The standard InChI is InChI=1S/C12H15BrN4OS/c1-16(8-11-10(13)7-15-17(11)2)12(19)14-6-9-4-3-5-18-9/h3-5,7H,6,8H2,1-2H3,(H,14,19). The molecule has 0 amide bonds. The highest BCUT2D eigenvalue weighted by molar-refractivity contribution is 9.10. The van der Waals surface area contributed by atoms with Crippen LogP contribution in [-0.4, -0.2) is 26.8 Å². The van der Waals surface area contributed by atoms with Crippen LogP contribution in [0.2, 0.25) is 0 Å². The zero-order valence-corrected chi connectivity index (χ0v) is 13.2. The molecule has 102 valence electrons. The SMILES string of the molecule is CN(Cc1c(Br)cnn1C)C(=S)NCc1ccco1. The maximum absolute atomic E-state index is 5.34. The summed E-state index contributed by atoms with van der Waals surface area (Å²) in [6.45, 7) is 1.27. The fraction of sp³-hybridized carbons (Fsp3) is 0.333. The Morgan fingerprint density at radius 3 is 3.00 bits per heavy atom. The van der Waals surface area contributed by atoms with Gasteiger partial charge < -0.3 is 14.6 Å². The van der Waals surface area contributed by atoms with Crippen molar-refractivity contribution in [3.63, 3.8) is 0 Å². The Morgan fingerprint density at radius 1 is 1.63 bits per heavy atom. The van der Waals surface area contributed by atoms with E-state index < -0.39 is 0 Å². The van der Waals surface area contributed by atoms with Gasteiger partial charge in [0.15, 0.2) is 5.11 Å². The Morgan fingerprint density at radius 2 is 2.42 bits per heavy atom. The third-order valence-electron chi connectivity index (χ3n) is 2.74. The third kappa shape index (κ3) is 3.57. The fourth-order valence-corrected chi connectivity index (χ4v) is 2.23. The minimum Gasteiger partial charge on any atom is -0.467 e. The zero-order chi connectivity index (χ0) is 13.8. The summed E-state index contributed by atoms with van der Waals surface area (Å²) in [5.74, 6) is 0.859. The van der Waals surface area contributed by atoms with Crippen LogP contribution >= 0.6 is 28.1 Å². The molecule has 0 saturated carbocycles. The van der Waals surface area contributed by atoms with Crippen molar-refractivity contribution in [1.29, 1.82) is 0 Å². The van der Waals surface area contributed by atoms with Gasteiger partial charge in [-0.1, -0.05) is 0 Å². The summed E-state index contributed by atoms with van der Waals surface area (Å²) in [5.41, 5.74) is 1.07. The monoisotopic (exact) mass is 342 g/mol. The predicted molar refractivity (Wildman–Crippen MR) is 80.5 cm³/mol. The van der Waals surface area contributed by atoms with Gasteiger partial charge in [-0.25, -0.2) is 0 Å². The number of rotatable bonds is 4. The van der Waals surface area contributed by atoms with E-state index in [4.69, 9.17) is 16.6 Å². The molecule has 19 heavy (non-hydrogen) atoms. The Hall–Kier alpha value is -1.34. The average Bonchev–Trinajstić information content (AvgIpc) is 3.00. The van der Waals surface area contributed by atoms with E-state index >= 15 is 0 Å². The number of hydrogen-bond donors (Lipinski definition) is 1. The fourth-order valence-electron chi connectivity index (χ4n) is 1.62. The molecular weight excluding hydrogens is 328 g/mol. The van der Waals surface area contributed by atoms with Crippen LogP contribution in [0, 0.1) is 0 Å². The normalized spacial score (nSPS) is 10.5. The molecule has 0 radical (unpaired) electrons. The molecule has 0 spiro atoms. The van der Waals surface area contributed by atoms with Crippen molar-refractivity contribution in [3.8, 4) is 0 Å². The van der Waals surface area contributed by atoms with Crippen LogP contribution in [-0.2, 0) is 20.1 Å². The van der Waals surface area contributed by atoms with Crippen molar-refractivity contribution in [2.45, 2.75) is 13.1 Å². The van der Waals surface area contributed by atoms with Crippen LogP contribution in [0.15, 0.2) is 33.5 Å².